The molecule has 0 unspecified atom stereocenters. The van der Waals surface area contributed by atoms with Gasteiger partial charge in [0, 0.05) is 49.5 Å². The summed E-state index contributed by atoms with van der Waals surface area (Å²) in [6.07, 6.45) is 5.06. The van der Waals surface area contributed by atoms with E-state index in [2.05, 4.69) is 42.3 Å². The highest BCUT2D eigenvalue weighted by atomic mass is 35.5. The molecule has 0 bridgehead atoms. The van der Waals surface area contributed by atoms with E-state index in [1.807, 2.05) is 6.92 Å². The van der Waals surface area contributed by atoms with Crippen molar-refractivity contribution >= 4 is 29.4 Å². The highest BCUT2D eigenvalue weighted by Gasteiger charge is 2.38. The van der Waals surface area contributed by atoms with Gasteiger partial charge in [-0.3, -0.25) is 14.6 Å². The van der Waals surface area contributed by atoms with Gasteiger partial charge >= 0.3 is 11.7 Å². The normalized spacial score (nSPS) is 16.0. The molecule has 14 heteroatoms. The van der Waals surface area contributed by atoms with Crippen molar-refractivity contribution in [1.82, 2.24) is 25.3 Å². The van der Waals surface area contributed by atoms with Crippen LogP contribution in [0, 0.1) is 0 Å². The number of ether oxygens (including phenoxy) is 2. The lowest BCUT2D eigenvalue weighted by molar-refractivity contribution is -0.0993. The highest BCUT2D eigenvalue weighted by Crippen LogP contribution is 2.33. The second kappa shape index (κ2) is 11.1. The quantitative estimate of drug-likeness (QED) is 0.483. The molecule has 0 aromatic carbocycles. The predicted octanol–water partition coefficient (Wildman–Crippen LogP) is 3.17. The van der Waals surface area contributed by atoms with Crippen molar-refractivity contribution in [1.29, 1.82) is 0 Å². The fourth-order valence-electron chi connectivity index (χ4n) is 2.41. The largest absolute Gasteiger partial charge is 0.488 e. The van der Waals surface area contributed by atoms with Crippen LogP contribution in [-0.2, 0) is 11.8 Å². The smallest absolute Gasteiger partial charge is 0.465 e. The molecule has 2 amide bonds. The first kappa shape index (κ1) is 25.3. The van der Waals surface area contributed by atoms with E-state index in [-0.39, 0.29) is 11.2 Å². The van der Waals surface area contributed by atoms with Crippen LogP contribution in [0.25, 0.3) is 0 Å². The monoisotopic (exact) mass is 478 g/mol. The number of halogens is 3. The summed E-state index contributed by atoms with van der Waals surface area (Å²) in [4.78, 5) is 21.8. The minimum Gasteiger partial charge on any atom is -0.465 e. The van der Waals surface area contributed by atoms with Gasteiger partial charge in [-0.25, -0.2) is 4.79 Å². The molecule has 1 saturated heterocycles. The first-order valence-electron chi connectivity index (χ1n) is 9.67. The van der Waals surface area contributed by atoms with E-state index in [9.17, 15) is 18.4 Å². The van der Waals surface area contributed by atoms with Gasteiger partial charge in [-0.1, -0.05) is 0 Å². The molecule has 178 valence electrons. The van der Waals surface area contributed by atoms with Crippen molar-refractivity contribution in [3.8, 4) is 5.88 Å². The Morgan fingerprint density at radius 3 is 2.44 bits per heavy atom. The Kier molecular flexibility index (Phi) is 8.78. The Bertz CT molecular complexity index is 871. The molecular weight excluding hydrogens is 454 g/mol. The number of amides is 2. The van der Waals surface area contributed by atoms with Crippen molar-refractivity contribution in [2.24, 2.45) is 7.05 Å². The summed E-state index contributed by atoms with van der Waals surface area (Å²) in [6.45, 7) is 3.90. The molecule has 2 fully saturated rings. The first-order chi connectivity index (χ1) is 15.0. The summed E-state index contributed by atoms with van der Waals surface area (Å²) in [5.74, 6) is -0.666. The number of anilines is 1. The maximum Gasteiger partial charge on any atom is 0.488 e. The number of alkyl halides is 3. The van der Waals surface area contributed by atoms with Crippen LogP contribution in [0.3, 0.4) is 0 Å². The number of nitrogens with zero attached hydrogens (tertiary/aromatic N) is 3. The number of nitrogens with one attached hydrogen (secondary N) is 3. The van der Waals surface area contributed by atoms with E-state index in [1.54, 1.807) is 0 Å². The number of H-pyrrole nitrogens is 1. The van der Waals surface area contributed by atoms with E-state index in [4.69, 9.17) is 9.84 Å². The second-order valence-corrected chi connectivity index (χ2v) is 7.71. The van der Waals surface area contributed by atoms with Crippen LogP contribution in [-0.4, -0.2) is 61.4 Å². The third-order valence-corrected chi connectivity index (χ3v) is 4.37. The molecular formula is C18H25ClF2N6O5. The highest BCUT2D eigenvalue weighted by molar-refractivity contribution is 6.20. The third kappa shape index (κ3) is 9.47. The molecule has 4 N–H and O–H groups in total. The lowest BCUT2D eigenvalue weighted by atomic mass is 10.3. The zero-order chi connectivity index (χ0) is 23.8. The van der Waals surface area contributed by atoms with Crippen LogP contribution in [0.4, 0.5) is 19.4 Å². The van der Waals surface area contributed by atoms with Gasteiger partial charge in [0.05, 0.1) is 6.20 Å². The Morgan fingerprint density at radius 2 is 2.03 bits per heavy atom. The lowest BCUT2D eigenvalue weighted by Gasteiger charge is -2.05. The average molecular weight is 479 g/mol. The van der Waals surface area contributed by atoms with Crippen molar-refractivity contribution in [3.63, 3.8) is 0 Å². The van der Waals surface area contributed by atoms with Crippen molar-refractivity contribution in [3.05, 3.63) is 24.0 Å². The Labute approximate surface area is 187 Å². The molecule has 0 spiro atoms. The van der Waals surface area contributed by atoms with E-state index in [0.29, 0.717) is 5.82 Å². The Balaban J connectivity index is 0.000000226. The number of carbonyl (C=O) groups is 2. The minimum atomic E-state index is -3.88. The number of hydrogen-bond acceptors (Lipinski definition) is 6. The van der Waals surface area contributed by atoms with E-state index >= 15 is 0 Å². The maximum absolute atomic E-state index is 12.4. The molecule has 4 rings (SSSR count). The molecule has 3 heterocycles. The molecule has 2 aliphatic rings. The number of carboxylic acid groups (broad SMARTS) is 1. The molecule has 1 aliphatic carbocycles. The number of aryl methyl sites for hydroxylation is 1. The molecule has 1 aliphatic heterocycles. The van der Waals surface area contributed by atoms with E-state index < -0.39 is 23.4 Å². The summed E-state index contributed by atoms with van der Waals surface area (Å²) in [5.41, 5.74) is -3.94. The summed E-state index contributed by atoms with van der Waals surface area (Å²) >= 11 is 4.61. The first-order valence-corrected chi connectivity index (χ1v) is 10.0. The molecule has 0 atom stereocenters. The fourth-order valence-corrected chi connectivity index (χ4v) is 2.49. The van der Waals surface area contributed by atoms with Crippen LogP contribution < -0.4 is 15.4 Å². The van der Waals surface area contributed by atoms with Gasteiger partial charge in [-0.2, -0.15) is 5.10 Å². The predicted molar refractivity (Wildman–Crippen MR) is 110 cm³/mol. The van der Waals surface area contributed by atoms with Crippen molar-refractivity contribution in [2.75, 3.05) is 18.5 Å². The van der Waals surface area contributed by atoms with E-state index in [0.717, 1.165) is 36.8 Å². The van der Waals surface area contributed by atoms with Gasteiger partial charge in [0.2, 0.25) is 5.88 Å². The standard InChI is InChI=1S/C9H8ClF2N5O2.C5H9NO2.C4H8O/c1-17-5(4-7(16-17)19-9(10,11)12)8(18)14-6-2-3-13-15-6;1-5(2-3-5)6-4(7)8;1-2-4-5-3-1/h2-4H,1H3,(H2,13,14,15,18);6H,2-3H2,1H3,(H,7,8);1-4H2. The van der Waals surface area contributed by atoms with Crippen LogP contribution in [0.5, 0.6) is 5.88 Å². The third-order valence-electron chi connectivity index (χ3n) is 4.30. The summed E-state index contributed by atoms with van der Waals surface area (Å²) in [5, 5.41) is 22.8. The minimum absolute atomic E-state index is 0.0190. The van der Waals surface area contributed by atoms with Gasteiger partial charge in [0.15, 0.2) is 0 Å². The maximum atomic E-state index is 12.4. The summed E-state index contributed by atoms with van der Waals surface area (Å²) in [6, 6.07) is 2.57. The van der Waals surface area contributed by atoms with Crippen molar-refractivity contribution in [2.45, 2.75) is 43.7 Å². The topological polar surface area (TPSA) is 143 Å². The van der Waals surface area contributed by atoms with Gasteiger partial charge in [-0.15, -0.1) is 13.9 Å². The number of rotatable bonds is 5. The zero-order valence-electron chi connectivity index (χ0n) is 17.5. The summed E-state index contributed by atoms with van der Waals surface area (Å²) < 4.78 is 35.0. The molecule has 11 nitrogen and oxygen atoms in total. The Hall–Kier alpha value is -2.93. The van der Waals surface area contributed by atoms with Crippen LogP contribution >= 0.6 is 11.6 Å². The van der Waals surface area contributed by atoms with Crippen LogP contribution in [0.2, 0.25) is 0 Å². The number of aromatic amines is 1. The lowest BCUT2D eigenvalue weighted by Crippen LogP contribution is -2.32. The average Bonchev–Trinajstić information content (AvgIpc) is 3.18. The summed E-state index contributed by atoms with van der Waals surface area (Å²) in [7, 11) is 1.40. The zero-order valence-corrected chi connectivity index (χ0v) is 18.3. The van der Waals surface area contributed by atoms with E-state index in [1.165, 1.54) is 32.2 Å². The van der Waals surface area contributed by atoms with Crippen LogP contribution in [0.15, 0.2) is 18.3 Å². The molecule has 32 heavy (non-hydrogen) atoms. The van der Waals surface area contributed by atoms with Gasteiger partial charge in [0.25, 0.3) is 5.91 Å². The van der Waals surface area contributed by atoms with Crippen LogP contribution in [0.1, 0.15) is 43.1 Å². The van der Waals surface area contributed by atoms with Gasteiger partial charge < -0.3 is 25.2 Å². The SMILES string of the molecule is C1CCOC1.CC1(NC(=O)O)CC1.Cn1nc(OC(F)(F)Cl)cc1C(=O)Nc1ccn[nH]1. The van der Waals surface area contributed by atoms with Gasteiger partial charge in [-0.05, 0) is 32.6 Å². The number of hydrogen-bond donors (Lipinski definition) is 4. The number of aromatic nitrogens is 4. The molecule has 1 saturated carbocycles. The molecule has 2 aromatic heterocycles. The second-order valence-electron chi connectivity index (χ2n) is 7.27. The number of carbonyl (C=O) groups excluding carboxylic acids is 1. The molecule has 2 aromatic rings. The van der Waals surface area contributed by atoms with Crippen molar-refractivity contribution < 1.29 is 33.0 Å². The Morgan fingerprint density at radius 1 is 1.38 bits per heavy atom. The fraction of sp³-hybridized carbons (Fsp3) is 0.556. The van der Waals surface area contributed by atoms with Gasteiger partial charge in [0.1, 0.15) is 11.5 Å². The molecule has 0 radical (unpaired) electrons.